The number of aromatic hydroxyl groups is 1. The van der Waals surface area contributed by atoms with Crippen molar-refractivity contribution >= 4 is 6.16 Å². The van der Waals surface area contributed by atoms with Crippen molar-refractivity contribution in [1.82, 2.24) is 0 Å². The first kappa shape index (κ1) is 40.7. The van der Waals surface area contributed by atoms with Gasteiger partial charge in [0, 0.05) is 5.56 Å². The Balaban J connectivity index is 3.34. The molecule has 0 spiro atoms. The van der Waals surface area contributed by atoms with Gasteiger partial charge in [0.15, 0.2) is 11.5 Å². The molecule has 1 aromatic rings. The van der Waals surface area contributed by atoms with Crippen LogP contribution >= 0.6 is 0 Å². The van der Waals surface area contributed by atoms with Gasteiger partial charge in [-0.1, -0.05) is 150 Å². The summed E-state index contributed by atoms with van der Waals surface area (Å²) in [5.74, 6) is 0.604. The average molecular weight is 637 g/mol. The van der Waals surface area contributed by atoms with Crippen LogP contribution in [0.4, 0.5) is 4.79 Å². The lowest BCUT2D eigenvalue weighted by Gasteiger charge is -2.23. The molecule has 7 nitrogen and oxygen atoms in total. The molecule has 1 rings (SSSR count). The minimum Gasteiger partial charge on any atom is -0.502 e. The van der Waals surface area contributed by atoms with E-state index in [1.54, 1.807) is 0 Å². The zero-order valence-corrected chi connectivity index (χ0v) is 29.5. The lowest BCUT2D eigenvalue weighted by atomic mass is 10.0. The van der Waals surface area contributed by atoms with Gasteiger partial charge in [0.1, 0.15) is 0 Å². The number of unbranched alkanes of at least 4 members (excludes halogenated alkanes) is 19. The Morgan fingerprint density at radius 1 is 0.467 bits per heavy atom. The van der Waals surface area contributed by atoms with Gasteiger partial charge in [0.25, 0.3) is 0 Å². The molecular formula is C38H68O7. The molecule has 0 fully saturated rings. The number of rotatable bonds is 31. The summed E-state index contributed by atoms with van der Waals surface area (Å²) in [6.45, 7) is 10.2. The number of phenolic OH excluding ortho intramolecular Hbond substituents is 1. The summed E-state index contributed by atoms with van der Waals surface area (Å²) in [7, 11) is 0. The zero-order valence-electron chi connectivity index (χ0n) is 29.5. The Morgan fingerprint density at radius 3 is 1.24 bits per heavy atom. The first-order valence-corrected chi connectivity index (χ1v) is 18.7. The summed E-state index contributed by atoms with van der Waals surface area (Å²) < 4.78 is 24.3. The van der Waals surface area contributed by atoms with E-state index in [2.05, 4.69) is 27.7 Å². The first-order valence-electron chi connectivity index (χ1n) is 18.7. The maximum Gasteiger partial charge on any atom is 0.511 e. The highest BCUT2D eigenvalue weighted by molar-refractivity contribution is 5.73. The van der Waals surface area contributed by atoms with Crippen LogP contribution in [0.2, 0.25) is 0 Å². The highest BCUT2D eigenvalue weighted by Crippen LogP contribution is 2.54. The molecule has 0 atom stereocenters. The summed E-state index contributed by atoms with van der Waals surface area (Å²) in [5.41, 5.74) is 0.558. The standard InChI is InChI=1S/C38H68O7/c1-5-9-13-17-21-25-29-42-35-32(28-24-20-16-12-8-4)34(45-38(40)41)33(39)36(43-30-26-22-18-14-10-6-2)37(35)44-31-27-23-19-15-11-7-3/h39H,5-31H2,1-4H3,(H,40,41). The number of hydrogen-bond donors (Lipinski definition) is 2. The van der Waals surface area contributed by atoms with Crippen LogP contribution < -0.4 is 18.9 Å². The predicted octanol–water partition coefficient (Wildman–Crippen LogP) is 12.2. The molecule has 0 aliphatic rings. The monoisotopic (exact) mass is 636 g/mol. The van der Waals surface area contributed by atoms with E-state index in [4.69, 9.17) is 18.9 Å². The number of carboxylic acid groups (broad SMARTS) is 1. The summed E-state index contributed by atoms with van der Waals surface area (Å²) in [6.07, 6.45) is 24.5. The third kappa shape index (κ3) is 18.4. The number of ether oxygens (including phenoxy) is 4. The Kier molecular flexibility index (Phi) is 25.3. The van der Waals surface area contributed by atoms with Gasteiger partial charge < -0.3 is 29.2 Å². The molecule has 2 N–H and O–H groups in total. The fraction of sp³-hybridized carbons (Fsp3) is 0.816. The molecule has 0 saturated heterocycles. The van der Waals surface area contributed by atoms with E-state index in [1.165, 1.54) is 70.6 Å². The normalized spacial score (nSPS) is 11.1. The van der Waals surface area contributed by atoms with Crippen LogP contribution in [-0.2, 0) is 6.42 Å². The molecular weight excluding hydrogens is 568 g/mol. The van der Waals surface area contributed by atoms with E-state index < -0.39 is 6.16 Å². The minimum absolute atomic E-state index is 0.0826. The van der Waals surface area contributed by atoms with Crippen LogP contribution in [0.1, 0.15) is 181 Å². The molecule has 0 radical (unpaired) electrons. The van der Waals surface area contributed by atoms with Gasteiger partial charge in [-0.2, -0.15) is 0 Å². The maximum absolute atomic E-state index is 11.8. The number of benzene rings is 1. The van der Waals surface area contributed by atoms with Gasteiger partial charge in [-0.3, -0.25) is 0 Å². The van der Waals surface area contributed by atoms with E-state index in [9.17, 15) is 15.0 Å². The Morgan fingerprint density at radius 2 is 0.822 bits per heavy atom. The number of carbonyl (C=O) groups is 1. The fourth-order valence-corrected chi connectivity index (χ4v) is 5.61. The van der Waals surface area contributed by atoms with Crippen LogP contribution in [0, 0.1) is 0 Å². The van der Waals surface area contributed by atoms with Crippen LogP contribution in [-0.4, -0.2) is 36.2 Å². The largest absolute Gasteiger partial charge is 0.511 e. The van der Waals surface area contributed by atoms with Crippen LogP contribution in [0.5, 0.6) is 28.7 Å². The Labute approximate surface area is 275 Å². The van der Waals surface area contributed by atoms with Gasteiger partial charge in [-0.05, 0) is 32.1 Å². The van der Waals surface area contributed by atoms with E-state index in [0.29, 0.717) is 43.3 Å². The SMILES string of the molecule is CCCCCCCCOc1c(O)c(OC(=O)O)c(CCCCCCC)c(OCCCCCCCC)c1OCCCCCCCC. The minimum atomic E-state index is -1.47. The van der Waals surface area contributed by atoms with E-state index in [-0.39, 0.29) is 17.2 Å². The molecule has 45 heavy (non-hydrogen) atoms. The van der Waals surface area contributed by atoms with Crippen molar-refractivity contribution in [2.45, 2.75) is 182 Å². The molecule has 1 aromatic carbocycles. The van der Waals surface area contributed by atoms with E-state index in [1.807, 2.05) is 0 Å². The van der Waals surface area contributed by atoms with E-state index >= 15 is 0 Å². The third-order valence-corrected chi connectivity index (χ3v) is 8.34. The summed E-state index contributed by atoms with van der Waals surface area (Å²) in [4.78, 5) is 11.8. The number of hydrogen-bond acceptors (Lipinski definition) is 6. The van der Waals surface area contributed by atoms with Gasteiger partial charge in [0.05, 0.1) is 19.8 Å². The van der Waals surface area contributed by atoms with Gasteiger partial charge in [-0.15, -0.1) is 0 Å². The summed E-state index contributed by atoms with van der Waals surface area (Å²) >= 11 is 0. The Bertz CT molecular complexity index is 870. The van der Waals surface area contributed by atoms with Crippen molar-refractivity contribution in [2.75, 3.05) is 19.8 Å². The molecule has 7 heteroatoms. The summed E-state index contributed by atoms with van der Waals surface area (Å²) in [6, 6.07) is 0. The predicted molar refractivity (Wildman–Crippen MR) is 186 cm³/mol. The van der Waals surface area contributed by atoms with Crippen LogP contribution in [0.25, 0.3) is 0 Å². The lowest BCUT2D eigenvalue weighted by Crippen LogP contribution is -2.12. The van der Waals surface area contributed by atoms with Crippen molar-refractivity contribution in [3.8, 4) is 28.7 Å². The second-order valence-electron chi connectivity index (χ2n) is 12.5. The molecule has 0 amide bonds. The molecule has 0 aliphatic heterocycles. The third-order valence-electron chi connectivity index (χ3n) is 8.34. The quantitative estimate of drug-likeness (QED) is 0.0475. The van der Waals surface area contributed by atoms with Gasteiger partial charge >= 0.3 is 6.16 Å². The fourth-order valence-electron chi connectivity index (χ4n) is 5.61. The molecule has 0 unspecified atom stereocenters. The molecule has 0 bridgehead atoms. The molecule has 0 aliphatic carbocycles. The topological polar surface area (TPSA) is 94.5 Å². The molecule has 0 saturated carbocycles. The van der Waals surface area contributed by atoms with E-state index in [0.717, 1.165) is 77.0 Å². The van der Waals surface area contributed by atoms with Crippen molar-refractivity contribution in [3.63, 3.8) is 0 Å². The second kappa shape index (κ2) is 28.0. The molecule has 0 heterocycles. The van der Waals surface area contributed by atoms with Gasteiger partial charge in [0.2, 0.25) is 17.2 Å². The highest BCUT2D eigenvalue weighted by Gasteiger charge is 2.30. The molecule has 262 valence electrons. The Hall–Kier alpha value is -2.31. The first-order chi connectivity index (χ1) is 22.0. The average Bonchev–Trinajstić information content (AvgIpc) is 3.02. The van der Waals surface area contributed by atoms with Crippen molar-refractivity contribution in [3.05, 3.63) is 5.56 Å². The number of phenols is 1. The van der Waals surface area contributed by atoms with Crippen molar-refractivity contribution in [1.29, 1.82) is 0 Å². The summed E-state index contributed by atoms with van der Waals surface area (Å²) in [5, 5.41) is 21.1. The van der Waals surface area contributed by atoms with Crippen LogP contribution in [0.3, 0.4) is 0 Å². The van der Waals surface area contributed by atoms with Crippen LogP contribution in [0.15, 0.2) is 0 Å². The van der Waals surface area contributed by atoms with Gasteiger partial charge in [-0.25, -0.2) is 4.79 Å². The molecule has 0 aromatic heterocycles. The van der Waals surface area contributed by atoms with Crippen molar-refractivity contribution in [2.24, 2.45) is 0 Å². The second-order valence-corrected chi connectivity index (χ2v) is 12.5. The zero-order chi connectivity index (χ0) is 33.0. The lowest BCUT2D eigenvalue weighted by molar-refractivity contribution is 0.141. The highest BCUT2D eigenvalue weighted by atomic mass is 16.7. The van der Waals surface area contributed by atoms with Crippen molar-refractivity contribution < 1.29 is 34.0 Å². The maximum atomic E-state index is 11.8. The smallest absolute Gasteiger partial charge is 0.502 e.